The first-order valence-electron chi connectivity index (χ1n) is 5.65. The van der Waals surface area contributed by atoms with Gasteiger partial charge in [-0.1, -0.05) is 48.9 Å². The molecule has 0 fully saturated rings. The lowest BCUT2D eigenvalue weighted by Crippen LogP contribution is -2.05. The summed E-state index contributed by atoms with van der Waals surface area (Å²) in [6.45, 7) is 7.13. The average Bonchev–Trinajstić information content (AvgIpc) is 2.42. The maximum absolute atomic E-state index is 12.1. The van der Waals surface area contributed by atoms with Gasteiger partial charge in [-0.15, -0.1) is 0 Å². The lowest BCUT2D eigenvalue weighted by Gasteiger charge is -2.07. The van der Waals surface area contributed by atoms with Gasteiger partial charge < -0.3 is 4.74 Å². The summed E-state index contributed by atoms with van der Waals surface area (Å²) in [5, 5.41) is 0.110. The van der Waals surface area contributed by atoms with Crippen molar-refractivity contribution >= 4 is 35.3 Å². The van der Waals surface area contributed by atoms with Gasteiger partial charge in [0.1, 0.15) is 12.9 Å². The molecule has 0 aliphatic rings. The predicted octanol–water partition coefficient (Wildman–Crippen LogP) is 3.89. The molecule has 0 N–H and O–H groups in total. The van der Waals surface area contributed by atoms with Crippen molar-refractivity contribution in [2.24, 2.45) is 0 Å². The number of Topliss-reactive ketones (excluding diaryl/α,β-unsaturated/α-hetero) is 1. The molecule has 0 saturated heterocycles. The van der Waals surface area contributed by atoms with E-state index in [4.69, 9.17) is 27.9 Å². The second kappa shape index (κ2) is 9.59. The molecule has 0 aliphatic heterocycles. The average molecular weight is 303 g/mol. The molecule has 0 saturated carbocycles. The molecule has 0 rings (SSSR count). The zero-order valence-corrected chi connectivity index (χ0v) is 12.4. The molecule has 0 amide bonds. The van der Waals surface area contributed by atoms with E-state index in [2.05, 4.69) is 6.58 Å². The highest BCUT2D eigenvalue weighted by Gasteiger charge is 2.16. The molecular formula is C14H16Cl2O3. The lowest BCUT2D eigenvalue weighted by molar-refractivity contribution is -0.112. The minimum absolute atomic E-state index is 0.0499. The van der Waals surface area contributed by atoms with Crippen LogP contribution in [0.25, 0.3) is 0 Å². The predicted molar refractivity (Wildman–Crippen MR) is 78.1 cm³/mol. The van der Waals surface area contributed by atoms with Gasteiger partial charge in [0.25, 0.3) is 0 Å². The summed E-state index contributed by atoms with van der Waals surface area (Å²) in [6, 6.07) is 0. The maximum atomic E-state index is 12.1. The molecule has 5 heteroatoms. The molecule has 0 spiro atoms. The van der Waals surface area contributed by atoms with Crippen LogP contribution in [-0.2, 0) is 14.3 Å². The Bertz CT molecular complexity index is 446. The fraction of sp³-hybridized carbons (Fsp3) is 0.286. The van der Waals surface area contributed by atoms with Crippen molar-refractivity contribution in [1.82, 2.24) is 0 Å². The van der Waals surface area contributed by atoms with Crippen LogP contribution in [-0.4, -0.2) is 18.7 Å². The SMILES string of the molecule is C=C(CC)C(=O)C(/C=C\C)=C(Cl)/C(Cl)=C/OCC=O. The van der Waals surface area contributed by atoms with Gasteiger partial charge in [-0.05, 0) is 18.9 Å². The molecule has 0 atom stereocenters. The van der Waals surface area contributed by atoms with Crippen LogP contribution < -0.4 is 0 Å². The van der Waals surface area contributed by atoms with Crippen LogP contribution in [0.5, 0.6) is 0 Å². The maximum Gasteiger partial charge on any atom is 0.189 e. The Hall–Kier alpha value is -1.32. The van der Waals surface area contributed by atoms with E-state index in [1.165, 1.54) is 0 Å². The summed E-state index contributed by atoms with van der Waals surface area (Å²) >= 11 is 12.0. The molecule has 0 heterocycles. The van der Waals surface area contributed by atoms with Crippen molar-refractivity contribution in [3.05, 3.63) is 46.2 Å². The number of ketones is 1. The van der Waals surface area contributed by atoms with E-state index in [1.54, 1.807) is 19.1 Å². The number of carbonyl (C=O) groups is 2. The lowest BCUT2D eigenvalue weighted by atomic mass is 10.0. The zero-order chi connectivity index (χ0) is 14.8. The van der Waals surface area contributed by atoms with Gasteiger partial charge in [-0.2, -0.15) is 0 Å². The van der Waals surface area contributed by atoms with Gasteiger partial charge in [0.05, 0.1) is 10.1 Å². The van der Waals surface area contributed by atoms with E-state index in [0.29, 0.717) is 18.3 Å². The number of carbonyl (C=O) groups excluding carboxylic acids is 2. The molecule has 104 valence electrons. The molecular weight excluding hydrogens is 287 g/mol. The number of hydrogen-bond acceptors (Lipinski definition) is 3. The second-order valence-electron chi connectivity index (χ2n) is 3.48. The highest BCUT2D eigenvalue weighted by Crippen LogP contribution is 2.26. The zero-order valence-electron chi connectivity index (χ0n) is 10.9. The Morgan fingerprint density at radius 3 is 2.47 bits per heavy atom. The van der Waals surface area contributed by atoms with Crippen LogP contribution in [0.1, 0.15) is 20.3 Å². The first kappa shape index (κ1) is 17.7. The fourth-order valence-electron chi connectivity index (χ4n) is 1.11. The number of hydrogen-bond donors (Lipinski definition) is 0. The Labute approximate surface area is 123 Å². The van der Waals surface area contributed by atoms with Crippen molar-refractivity contribution in [1.29, 1.82) is 0 Å². The van der Waals surface area contributed by atoms with Crippen LogP contribution in [0, 0.1) is 0 Å². The Morgan fingerprint density at radius 2 is 2.00 bits per heavy atom. The van der Waals surface area contributed by atoms with Crippen LogP contribution in [0.3, 0.4) is 0 Å². The molecule has 0 aromatic heterocycles. The first-order valence-corrected chi connectivity index (χ1v) is 6.41. The minimum Gasteiger partial charge on any atom is -0.492 e. The minimum atomic E-state index is -0.271. The number of halogens is 2. The standard InChI is InChI=1S/C14H16Cl2O3/c1-4-6-11(14(18)10(3)5-2)13(16)12(15)9-19-8-7-17/h4,6-7,9H,3,5,8H2,1-2H3/b6-4-,12-9-,13-11-. The van der Waals surface area contributed by atoms with Gasteiger partial charge in [0.2, 0.25) is 0 Å². The van der Waals surface area contributed by atoms with E-state index in [-0.39, 0.29) is 28.0 Å². The van der Waals surface area contributed by atoms with Crippen LogP contribution in [0.15, 0.2) is 46.2 Å². The third kappa shape index (κ3) is 5.90. The Morgan fingerprint density at radius 1 is 1.37 bits per heavy atom. The van der Waals surface area contributed by atoms with E-state index in [0.717, 1.165) is 6.26 Å². The van der Waals surface area contributed by atoms with Gasteiger partial charge in [-0.3, -0.25) is 9.59 Å². The van der Waals surface area contributed by atoms with Gasteiger partial charge >= 0.3 is 0 Å². The third-order valence-electron chi connectivity index (χ3n) is 2.12. The summed E-state index contributed by atoms with van der Waals surface area (Å²) in [7, 11) is 0. The van der Waals surface area contributed by atoms with Crippen molar-refractivity contribution in [3.63, 3.8) is 0 Å². The number of aldehydes is 1. The molecule has 0 aromatic rings. The highest BCUT2D eigenvalue weighted by molar-refractivity contribution is 6.45. The summed E-state index contributed by atoms with van der Waals surface area (Å²) in [5.41, 5.74) is 0.677. The third-order valence-corrected chi connectivity index (χ3v) is 2.91. The Kier molecular flexibility index (Phi) is 8.92. The molecule has 0 aliphatic carbocycles. The fourth-order valence-corrected chi connectivity index (χ4v) is 1.47. The van der Waals surface area contributed by atoms with Crippen LogP contribution in [0.4, 0.5) is 0 Å². The normalized spacial score (nSPS) is 13.2. The summed E-state index contributed by atoms with van der Waals surface area (Å²) in [6.07, 6.45) is 5.46. The van der Waals surface area contributed by atoms with E-state index in [1.807, 2.05) is 6.92 Å². The van der Waals surface area contributed by atoms with E-state index >= 15 is 0 Å². The summed E-state index contributed by atoms with van der Waals surface area (Å²) in [4.78, 5) is 22.2. The number of rotatable bonds is 8. The van der Waals surface area contributed by atoms with Crippen molar-refractivity contribution in [3.8, 4) is 0 Å². The first-order chi connectivity index (χ1) is 8.99. The number of ether oxygens (including phenoxy) is 1. The van der Waals surface area contributed by atoms with Crippen molar-refractivity contribution in [2.75, 3.05) is 6.61 Å². The molecule has 19 heavy (non-hydrogen) atoms. The van der Waals surface area contributed by atoms with Gasteiger partial charge in [0, 0.05) is 5.57 Å². The van der Waals surface area contributed by atoms with Gasteiger partial charge in [0.15, 0.2) is 12.1 Å². The second-order valence-corrected chi connectivity index (χ2v) is 4.26. The Balaban J connectivity index is 5.38. The molecule has 0 radical (unpaired) electrons. The van der Waals surface area contributed by atoms with Crippen LogP contribution >= 0.6 is 23.2 Å². The quantitative estimate of drug-likeness (QED) is 0.225. The summed E-state index contributed by atoms with van der Waals surface area (Å²) < 4.78 is 4.82. The largest absolute Gasteiger partial charge is 0.492 e. The van der Waals surface area contributed by atoms with Gasteiger partial charge in [-0.25, -0.2) is 0 Å². The molecule has 0 bridgehead atoms. The topological polar surface area (TPSA) is 43.4 Å². The molecule has 3 nitrogen and oxygen atoms in total. The van der Waals surface area contributed by atoms with Crippen LogP contribution in [0.2, 0.25) is 0 Å². The van der Waals surface area contributed by atoms with E-state index < -0.39 is 0 Å². The smallest absolute Gasteiger partial charge is 0.189 e. The van der Waals surface area contributed by atoms with Crippen molar-refractivity contribution in [2.45, 2.75) is 20.3 Å². The molecule has 0 unspecified atom stereocenters. The van der Waals surface area contributed by atoms with Crippen molar-refractivity contribution < 1.29 is 14.3 Å². The number of allylic oxidation sites excluding steroid dienone is 6. The summed E-state index contributed by atoms with van der Waals surface area (Å²) in [5.74, 6) is -0.271. The highest BCUT2D eigenvalue weighted by atomic mass is 35.5. The molecule has 0 aromatic carbocycles. The monoisotopic (exact) mass is 302 g/mol. The van der Waals surface area contributed by atoms with E-state index in [9.17, 15) is 9.59 Å².